The van der Waals surface area contributed by atoms with Crippen molar-refractivity contribution < 1.29 is 9.53 Å². The van der Waals surface area contributed by atoms with E-state index >= 15 is 0 Å². The minimum atomic E-state index is 0. The Kier molecular flexibility index (Phi) is 8.96. The molecule has 0 bridgehead atoms. The van der Waals surface area contributed by atoms with Gasteiger partial charge in [0.1, 0.15) is 12.4 Å². The van der Waals surface area contributed by atoms with Gasteiger partial charge in [0.25, 0.3) is 0 Å². The zero-order chi connectivity index (χ0) is 14.8. The van der Waals surface area contributed by atoms with E-state index in [1.54, 1.807) is 0 Å². The van der Waals surface area contributed by atoms with Crippen LogP contribution >= 0.6 is 12.4 Å². The molecule has 0 radical (unpaired) electrons. The van der Waals surface area contributed by atoms with Crippen LogP contribution in [0.15, 0.2) is 60.7 Å². The van der Waals surface area contributed by atoms with Crippen LogP contribution in [-0.2, 0) is 0 Å². The first-order valence-corrected chi connectivity index (χ1v) is 7.33. The summed E-state index contributed by atoms with van der Waals surface area (Å²) >= 11 is 0. The average Bonchev–Trinajstić information content (AvgIpc) is 2.55. The van der Waals surface area contributed by atoms with Crippen molar-refractivity contribution in [2.45, 2.75) is 12.8 Å². The first kappa shape index (κ1) is 18.2. The van der Waals surface area contributed by atoms with Gasteiger partial charge in [0, 0.05) is 18.5 Å². The molecule has 0 fully saturated rings. The van der Waals surface area contributed by atoms with Crippen molar-refractivity contribution in [2.24, 2.45) is 0 Å². The van der Waals surface area contributed by atoms with Gasteiger partial charge in [0.2, 0.25) is 0 Å². The maximum Gasteiger partial charge on any atom is 0.162 e. The lowest BCUT2D eigenvalue weighted by atomic mass is 10.1. The Bertz CT molecular complexity index is 531. The van der Waals surface area contributed by atoms with E-state index in [-0.39, 0.29) is 18.2 Å². The second-order valence-corrected chi connectivity index (χ2v) is 4.80. The summed E-state index contributed by atoms with van der Waals surface area (Å²) in [6, 6.07) is 19.2. The van der Waals surface area contributed by atoms with E-state index in [1.807, 2.05) is 60.7 Å². The Labute approximate surface area is 138 Å². The number of benzene rings is 2. The van der Waals surface area contributed by atoms with Gasteiger partial charge in [-0.05, 0) is 25.1 Å². The number of hydrogen-bond acceptors (Lipinski definition) is 3. The van der Waals surface area contributed by atoms with Crippen LogP contribution in [0, 0.1) is 0 Å². The molecule has 0 spiro atoms. The molecule has 2 aromatic carbocycles. The highest BCUT2D eigenvalue weighted by atomic mass is 35.5. The SMILES string of the molecule is Cl.O=C(CCCNCCOc1ccccc1)c1ccccc1. The van der Waals surface area contributed by atoms with Gasteiger partial charge < -0.3 is 10.1 Å². The maximum absolute atomic E-state index is 11.9. The molecule has 0 aliphatic heterocycles. The molecule has 0 saturated heterocycles. The van der Waals surface area contributed by atoms with Crippen molar-refractivity contribution in [3.63, 3.8) is 0 Å². The third kappa shape index (κ3) is 6.74. The Morgan fingerprint density at radius 3 is 2.23 bits per heavy atom. The first-order valence-electron chi connectivity index (χ1n) is 7.33. The van der Waals surface area contributed by atoms with E-state index in [2.05, 4.69) is 5.32 Å². The summed E-state index contributed by atoms with van der Waals surface area (Å²) in [6.45, 7) is 2.25. The predicted octanol–water partition coefficient (Wildman–Crippen LogP) is 3.74. The van der Waals surface area contributed by atoms with E-state index in [1.165, 1.54) is 0 Å². The average molecular weight is 320 g/mol. The Balaban J connectivity index is 0.00000242. The molecule has 0 aromatic heterocycles. The van der Waals surface area contributed by atoms with Gasteiger partial charge in [-0.2, -0.15) is 0 Å². The molecule has 0 unspecified atom stereocenters. The molecule has 0 amide bonds. The molecule has 0 saturated carbocycles. The smallest absolute Gasteiger partial charge is 0.162 e. The normalized spacial score (nSPS) is 9.82. The van der Waals surface area contributed by atoms with Crippen LogP contribution in [0.5, 0.6) is 5.75 Å². The fourth-order valence-corrected chi connectivity index (χ4v) is 2.03. The lowest BCUT2D eigenvalue weighted by Crippen LogP contribution is -2.22. The van der Waals surface area contributed by atoms with Crippen molar-refractivity contribution in [1.82, 2.24) is 5.32 Å². The summed E-state index contributed by atoms with van der Waals surface area (Å²) in [4.78, 5) is 11.9. The molecule has 0 atom stereocenters. The fourth-order valence-electron chi connectivity index (χ4n) is 2.03. The minimum Gasteiger partial charge on any atom is -0.492 e. The molecule has 3 nitrogen and oxygen atoms in total. The third-order valence-corrected chi connectivity index (χ3v) is 3.14. The molecule has 0 aliphatic rings. The van der Waals surface area contributed by atoms with E-state index in [0.29, 0.717) is 13.0 Å². The van der Waals surface area contributed by atoms with Gasteiger partial charge in [-0.25, -0.2) is 0 Å². The number of rotatable bonds is 9. The zero-order valence-corrected chi connectivity index (χ0v) is 13.4. The molecule has 4 heteroatoms. The topological polar surface area (TPSA) is 38.3 Å². The number of nitrogens with one attached hydrogen (secondary N) is 1. The van der Waals surface area contributed by atoms with Crippen LogP contribution in [-0.4, -0.2) is 25.5 Å². The van der Waals surface area contributed by atoms with Crippen LogP contribution in [0.3, 0.4) is 0 Å². The summed E-state index contributed by atoms with van der Waals surface area (Å²) in [5.41, 5.74) is 0.796. The summed E-state index contributed by atoms with van der Waals surface area (Å²) < 4.78 is 5.57. The molecule has 22 heavy (non-hydrogen) atoms. The molecule has 118 valence electrons. The van der Waals surface area contributed by atoms with Crippen molar-refractivity contribution in [3.05, 3.63) is 66.2 Å². The molecule has 0 aliphatic carbocycles. The van der Waals surface area contributed by atoms with Crippen molar-refractivity contribution >= 4 is 18.2 Å². The van der Waals surface area contributed by atoms with Gasteiger partial charge in [-0.3, -0.25) is 4.79 Å². The molecular weight excluding hydrogens is 298 g/mol. The number of halogens is 1. The number of carbonyl (C=O) groups is 1. The van der Waals surface area contributed by atoms with E-state index < -0.39 is 0 Å². The van der Waals surface area contributed by atoms with Crippen molar-refractivity contribution in [1.29, 1.82) is 0 Å². The van der Waals surface area contributed by atoms with Crippen LogP contribution in [0.4, 0.5) is 0 Å². The second-order valence-electron chi connectivity index (χ2n) is 4.80. The van der Waals surface area contributed by atoms with Crippen LogP contribution < -0.4 is 10.1 Å². The Morgan fingerprint density at radius 2 is 1.55 bits per heavy atom. The van der Waals surface area contributed by atoms with Gasteiger partial charge in [0.15, 0.2) is 5.78 Å². The summed E-state index contributed by atoms with van der Waals surface area (Å²) in [6.07, 6.45) is 1.43. The standard InChI is InChI=1S/C18H21NO2.ClH/c20-18(16-8-3-1-4-9-16)12-7-13-19-14-15-21-17-10-5-2-6-11-17;/h1-6,8-11,19H,7,12-15H2;1H. The lowest BCUT2D eigenvalue weighted by molar-refractivity contribution is 0.0980. The van der Waals surface area contributed by atoms with E-state index in [4.69, 9.17) is 4.74 Å². The minimum absolute atomic E-state index is 0. The maximum atomic E-state index is 11.9. The quantitative estimate of drug-likeness (QED) is 0.565. The Morgan fingerprint density at radius 1 is 0.909 bits per heavy atom. The van der Waals surface area contributed by atoms with E-state index in [9.17, 15) is 4.79 Å². The van der Waals surface area contributed by atoms with Crippen LogP contribution in [0.2, 0.25) is 0 Å². The van der Waals surface area contributed by atoms with Crippen molar-refractivity contribution in [3.8, 4) is 5.75 Å². The number of hydrogen-bond donors (Lipinski definition) is 1. The molecule has 2 aromatic rings. The highest BCUT2D eigenvalue weighted by Gasteiger charge is 2.03. The predicted molar refractivity (Wildman–Crippen MR) is 92.1 cm³/mol. The van der Waals surface area contributed by atoms with Gasteiger partial charge in [-0.1, -0.05) is 48.5 Å². The van der Waals surface area contributed by atoms with E-state index in [0.717, 1.165) is 30.8 Å². The Hall–Kier alpha value is -1.84. The number of carbonyl (C=O) groups excluding carboxylic acids is 1. The molecular formula is C18H22ClNO2. The monoisotopic (exact) mass is 319 g/mol. The van der Waals surface area contributed by atoms with Gasteiger partial charge >= 0.3 is 0 Å². The number of ether oxygens (including phenoxy) is 1. The van der Waals surface area contributed by atoms with Gasteiger partial charge in [-0.15, -0.1) is 12.4 Å². The molecule has 0 heterocycles. The molecule has 2 rings (SSSR count). The highest BCUT2D eigenvalue weighted by molar-refractivity contribution is 5.95. The van der Waals surface area contributed by atoms with Crippen molar-refractivity contribution in [2.75, 3.05) is 19.7 Å². The third-order valence-electron chi connectivity index (χ3n) is 3.14. The lowest BCUT2D eigenvalue weighted by Gasteiger charge is -2.07. The zero-order valence-electron chi connectivity index (χ0n) is 12.5. The summed E-state index contributed by atoms with van der Waals surface area (Å²) in [7, 11) is 0. The largest absolute Gasteiger partial charge is 0.492 e. The number of para-hydroxylation sites is 1. The number of ketones is 1. The fraction of sp³-hybridized carbons (Fsp3) is 0.278. The highest BCUT2D eigenvalue weighted by Crippen LogP contribution is 2.07. The second kappa shape index (κ2) is 10.8. The molecule has 1 N–H and O–H groups in total. The summed E-state index contributed by atoms with van der Waals surface area (Å²) in [5.74, 6) is 1.09. The number of Topliss-reactive ketones (excluding diaryl/α,β-unsaturated/α-hetero) is 1. The van der Waals surface area contributed by atoms with Crippen LogP contribution in [0.1, 0.15) is 23.2 Å². The first-order chi connectivity index (χ1) is 10.4. The van der Waals surface area contributed by atoms with Gasteiger partial charge in [0.05, 0.1) is 0 Å². The summed E-state index contributed by atoms with van der Waals surface area (Å²) in [5, 5.41) is 3.29. The van der Waals surface area contributed by atoms with Crippen LogP contribution in [0.25, 0.3) is 0 Å².